The molecule has 0 spiro atoms. The lowest BCUT2D eigenvalue weighted by molar-refractivity contribution is -0.0138. The maximum Gasteiger partial charge on any atom is 0.325 e. The predicted octanol–water partition coefficient (Wildman–Crippen LogP) is 0.864. The maximum absolute atomic E-state index is 14.0. The lowest BCUT2D eigenvalue weighted by Gasteiger charge is -2.19. The highest BCUT2D eigenvalue weighted by atomic mass is 19.3. The van der Waals surface area contributed by atoms with Crippen LogP contribution in [0.4, 0.5) is 14.6 Å². The molecule has 1 aliphatic heterocycles. The number of fused-ring (bicyclic) bond motifs is 1. The molecule has 1 saturated heterocycles. The van der Waals surface area contributed by atoms with E-state index in [0.29, 0.717) is 11.5 Å². The van der Waals surface area contributed by atoms with E-state index in [1.807, 2.05) is 0 Å². The zero-order chi connectivity index (χ0) is 17.8. The Labute approximate surface area is 139 Å². The van der Waals surface area contributed by atoms with Gasteiger partial charge in [0.2, 0.25) is 0 Å². The minimum Gasteiger partial charge on any atom is -0.350 e. The molecule has 0 saturated carbocycles. The van der Waals surface area contributed by atoms with Crippen molar-refractivity contribution in [3.05, 3.63) is 45.4 Å². The molecule has 130 valence electrons. The van der Waals surface area contributed by atoms with Crippen molar-refractivity contribution in [2.24, 2.45) is 5.92 Å². The molecule has 1 fully saturated rings. The highest BCUT2D eigenvalue weighted by molar-refractivity contribution is 5.66. The number of hydrogen-bond acceptors (Lipinski definition) is 5. The Kier molecular flexibility index (Phi) is 3.24. The highest BCUT2D eigenvalue weighted by Crippen LogP contribution is 2.36. The van der Waals surface area contributed by atoms with Crippen molar-refractivity contribution in [3.8, 4) is 11.3 Å². The summed E-state index contributed by atoms with van der Waals surface area (Å²) in [6, 6.07) is 3.14. The third-order valence-corrected chi connectivity index (χ3v) is 4.38. The normalized spacial score (nSPS) is 19.6. The summed E-state index contributed by atoms with van der Waals surface area (Å²) in [5.41, 5.74) is -0.411. The first-order valence-corrected chi connectivity index (χ1v) is 7.65. The lowest BCUT2D eigenvalue weighted by atomic mass is 10.1. The minimum absolute atomic E-state index is 0.142. The fraction of sp³-hybridized carbons (Fsp3) is 0.333. The topological polar surface area (TPSA) is 99.2 Å². The smallest absolute Gasteiger partial charge is 0.325 e. The van der Waals surface area contributed by atoms with Gasteiger partial charge in [-0.05, 0) is 0 Å². The SMILES string of the molecule is CC1CN(c2cc(-c3c[nH]c(=O)[nH]c3=O)nc3ccnn23)CC1(F)F. The monoisotopic (exact) mass is 348 g/mol. The van der Waals surface area contributed by atoms with Gasteiger partial charge in [-0.25, -0.2) is 18.6 Å². The van der Waals surface area contributed by atoms with Crippen LogP contribution in [0.25, 0.3) is 16.9 Å². The molecule has 25 heavy (non-hydrogen) atoms. The second kappa shape index (κ2) is 5.23. The number of halogens is 2. The molecule has 4 rings (SSSR count). The molecule has 2 N–H and O–H groups in total. The number of nitrogens with zero attached hydrogens (tertiary/aromatic N) is 4. The number of H-pyrrole nitrogens is 2. The van der Waals surface area contributed by atoms with Crippen LogP contribution in [0.1, 0.15) is 6.92 Å². The van der Waals surface area contributed by atoms with Crippen LogP contribution in [0.3, 0.4) is 0 Å². The van der Waals surface area contributed by atoms with E-state index < -0.39 is 29.6 Å². The Balaban J connectivity index is 1.89. The van der Waals surface area contributed by atoms with Gasteiger partial charge in [-0.15, -0.1) is 0 Å². The Morgan fingerprint density at radius 3 is 2.84 bits per heavy atom. The molecule has 0 aromatic carbocycles. The Morgan fingerprint density at radius 2 is 2.16 bits per heavy atom. The highest BCUT2D eigenvalue weighted by Gasteiger charge is 2.46. The molecular weight excluding hydrogens is 334 g/mol. The molecule has 1 unspecified atom stereocenters. The van der Waals surface area contributed by atoms with E-state index in [2.05, 4.69) is 20.1 Å². The first-order chi connectivity index (χ1) is 11.8. The van der Waals surface area contributed by atoms with Crippen LogP contribution in [0.2, 0.25) is 0 Å². The molecule has 3 aromatic rings. The molecule has 0 bridgehead atoms. The quantitative estimate of drug-likeness (QED) is 0.716. The van der Waals surface area contributed by atoms with Gasteiger partial charge in [-0.1, -0.05) is 6.92 Å². The van der Waals surface area contributed by atoms with Crippen LogP contribution in [0, 0.1) is 5.92 Å². The van der Waals surface area contributed by atoms with Gasteiger partial charge in [0.1, 0.15) is 5.82 Å². The van der Waals surface area contributed by atoms with Crippen LogP contribution in [0.15, 0.2) is 34.1 Å². The zero-order valence-corrected chi connectivity index (χ0v) is 13.2. The molecule has 8 nitrogen and oxygen atoms in total. The zero-order valence-electron chi connectivity index (χ0n) is 13.2. The summed E-state index contributed by atoms with van der Waals surface area (Å²) in [5.74, 6) is -3.19. The molecular formula is C15H14F2N6O2. The minimum atomic E-state index is -2.81. The average Bonchev–Trinajstić information content (AvgIpc) is 3.11. The molecule has 3 aromatic heterocycles. The van der Waals surface area contributed by atoms with Crippen molar-refractivity contribution in [1.82, 2.24) is 24.6 Å². The number of rotatable bonds is 2. The lowest BCUT2D eigenvalue weighted by Crippen LogP contribution is -2.28. The van der Waals surface area contributed by atoms with E-state index in [-0.39, 0.29) is 17.8 Å². The summed E-state index contributed by atoms with van der Waals surface area (Å²) < 4.78 is 29.4. The maximum atomic E-state index is 14.0. The van der Waals surface area contributed by atoms with Crippen LogP contribution in [0.5, 0.6) is 0 Å². The van der Waals surface area contributed by atoms with E-state index in [1.165, 1.54) is 34.8 Å². The summed E-state index contributed by atoms with van der Waals surface area (Å²) in [6.07, 6.45) is 2.76. The summed E-state index contributed by atoms with van der Waals surface area (Å²) in [4.78, 5) is 33.6. The second-order valence-electron chi connectivity index (χ2n) is 6.13. The van der Waals surface area contributed by atoms with Gasteiger partial charge in [-0.3, -0.25) is 9.78 Å². The van der Waals surface area contributed by atoms with Crippen molar-refractivity contribution in [1.29, 1.82) is 0 Å². The van der Waals surface area contributed by atoms with Crippen LogP contribution >= 0.6 is 0 Å². The van der Waals surface area contributed by atoms with Gasteiger partial charge in [0.05, 0.1) is 24.0 Å². The third-order valence-electron chi connectivity index (χ3n) is 4.38. The van der Waals surface area contributed by atoms with Crippen LogP contribution in [-0.4, -0.2) is 43.6 Å². The molecule has 1 atom stereocenters. The Bertz CT molecular complexity index is 1070. The summed E-state index contributed by atoms with van der Waals surface area (Å²) in [7, 11) is 0. The molecule has 4 heterocycles. The standard InChI is InChI=1S/C15H14F2N6O2/c1-8-6-22(7-15(8,16)17)12-4-10(20-11-2-3-19-23(11)12)9-5-18-14(25)21-13(9)24/h2-5,8H,6-7H2,1H3,(H2,18,21,24,25). The van der Waals surface area contributed by atoms with E-state index in [0.717, 1.165) is 0 Å². The fourth-order valence-corrected chi connectivity index (χ4v) is 2.97. The number of aromatic amines is 2. The number of alkyl halides is 2. The van der Waals surface area contributed by atoms with Gasteiger partial charge < -0.3 is 9.88 Å². The van der Waals surface area contributed by atoms with Crippen molar-refractivity contribution < 1.29 is 8.78 Å². The fourth-order valence-electron chi connectivity index (χ4n) is 2.97. The largest absolute Gasteiger partial charge is 0.350 e. The van der Waals surface area contributed by atoms with Gasteiger partial charge in [0, 0.05) is 30.8 Å². The molecule has 0 amide bonds. The molecule has 10 heteroatoms. The van der Waals surface area contributed by atoms with E-state index >= 15 is 0 Å². The Morgan fingerprint density at radius 1 is 1.36 bits per heavy atom. The number of aromatic nitrogens is 5. The first kappa shape index (κ1) is 15.5. The first-order valence-electron chi connectivity index (χ1n) is 7.65. The van der Waals surface area contributed by atoms with Crippen molar-refractivity contribution in [3.63, 3.8) is 0 Å². The predicted molar refractivity (Wildman–Crippen MR) is 86.0 cm³/mol. The number of anilines is 1. The van der Waals surface area contributed by atoms with Gasteiger partial charge in [-0.2, -0.15) is 9.61 Å². The summed E-state index contributed by atoms with van der Waals surface area (Å²) in [5, 5.41) is 4.13. The molecule has 0 aliphatic carbocycles. The van der Waals surface area contributed by atoms with E-state index in [9.17, 15) is 18.4 Å². The van der Waals surface area contributed by atoms with Crippen LogP contribution in [-0.2, 0) is 0 Å². The van der Waals surface area contributed by atoms with Crippen molar-refractivity contribution in [2.45, 2.75) is 12.8 Å². The van der Waals surface area contributed by atoms with Crippen LogP contribution < -0.4 is 16.1 Å². The number of hydrogen-bond donors (Lipinski definition) is 2. The number of nitrogens with one attached hydrogen (secondary N) is 2. The van der Waals surface area contributed by atoms with Gasteiger partial charge in [0.15, 0.2) is 5.65 Å². The average molecular weight is 348 g/mol. The second-order valence-corrected chi connectivity index (χ2v) is 6.13. The van der Waals surface area contributed by atoms with E-state index in [4.69, 9.17) is 0 Å². The van der Waals surface area contributed by atoms with Crippen molar-refractivity contribution in [2.75, 3.05) is 18.0 Å². The van der Waals surface area contributed by atoms with Gasteiger partial charge >= 0.3 is 5.69 Å². The summed E-state index contributed by atoms with van der Waals surface area (Å²) >= 11 is 0. The molecule has 0 radical (unpaired) electrons. The summed E-state index contributed by atoms with van der Waals surface area (Å²) in [6.45, 7) is 1.22. The third kappa shape index (κ3) is 2.49. The molecule has 1 aliphatic rings. The van der Waals surface area contributed by atoms with Gasteiger partial charge in [0.25, 0.3) is 11.5 Å². The van der Waals surface area contributed by atoms with E-state index in [1.54, 1.807) is 6.07 Å². The Hall–Kier alpha value is -3.04. The van der Waals surface area contributed by atoms with Crippen molar-refractivity contribution >= 4 is 11.5 Å².